The van der Waals surface area contributed by atoms with Gasteiger partial charge in [0.15, 0.2) is 0 Å². The minimum Gasteiger partial charge on any atom is -0.378 e. The number of hydrogen-bond acceptors (Lipinski definition) is 4. The molecule has 0 aromatic heterocycles. The molecule has 0 radical (unpaired) electrons. The summed E-state index contributed by atoms with van der Waals surface area (Å²) in [5.74, 6) is 4.83. The Morgan fingerprint density at radius 3 is 1.50 bits per heavy atom. The summed E-state index contributed by atoms with van der Waals surface area (Å²) in [4.78, 5) is 0. The second-order valence-corrected chi connectivity index (χ2v) is 6.84. The summed E-state index contributed by atoms with van der Waals surface area (Å²) in [7, 11) is 0. The third-order valence-corrected chi connectivity index (χ3v) is 5.00. The molecule has 0 heterocycles. The molecule has 0 saturated heterocycles. The van der Waals surface area contributed by atoms with Gasteiger partial charge in [0.05, 0.1) is 26.4 Å². The van der Waals surface area contributed by atoms with Gasteiger partial charge in [-0.05, 0) is 0 Å². The molecule has 2 nitrogen and oxygen atoms in total. The summed E-state index contributed by atoms with van der Waals surface area (Å²) < 4.78 is 10.9. The Kier molecular flexibility index (Phi) is 16.6. The Morgan fingerprint density at radius 2 is 1.15 bits per heavy atom. The van der Waals surface area contributed by atoms with Crippen LogP contribution in [0.4, 0.5) is 0 Å². The van der Waals surface area contributed by atoms with Crippen LogP contribution in [0.3, 0.4) is 0 Å². The van der Waals surface area contributed by atoms with Crippen LogP contribution in [0.5, 0.6) is 0 Å². The minimum atomic E-state index is 0.540. The van der Waals surface area contributed by atoms with Crippen molar-refractivity contribution in [2.75, 3.05) is 61.2 Å². The molecular weight excluding hydrogens is 335 g/mol. The highest BCUT2D eigenvalue weighted by atomic mass is 35.5. The number of ether oxygens (including phenoxy) is 2. The molecule has 0 rings (SSSR count). The number of thioether (sulfide) groups is 2. The van der Waals surface area contributed by atoms with Crippen molar-refractivity contribution in [2.24, 2.45) is 0 Å². The molecule has 0 aliphatic rings. The van der Waals surface area contributed by atoms with E-state index in [4.69, 9.17) is 32.7 Å². The summed E-state index contributed by atoms with van der Waals surface area (Å²) in [6.45, 7) is 10.5. The van der Waals surface area contributed by atoms with Crippen LogP contribution in [-0.2, 0) is 9.47 Å². The van der Waals surface area contributed by atoms with Crippen LogP contribution < -0.4 is 0 Å². The van der Waals surface area contributed by atoms with Crippen molar-refractivity contribution in [3.05, 3.63) is 24.3 Å². The fraction of sp³-hybridized carbons (Fsp3) is 0.714. The van der Waals surface area contributed by atoms with Crippen LogP contribution in [0.2, 0.25) is 0 Å². The Hall–Kier alpha value is 0.680. The molecule has 0 bridgehead atoms. The number of rotatable bonds is 15. The first-order chi connectivity index (χ1) is 9.70. The van der Waals surface area contributed by atoms with Gasteiger partial charge in [0.2, 0.25) is 0 Å². The van der Waals surface area contributed by atoms with E-state index in [0.29, 0.717) is 25.0 Å². The molecule has 0 amide bonds. The SMILES string of the molecule is C=C(CCl)CSCCOCCOCCSCC(=C)CCl. The van der Waals surface area contributed by atoms with Gasteiger partial charge >= 0.3 is 0 Å². The minimum absolute atomic E-state index is 0.540. The van der Waals surface area contributed by atoms with Gasteiger partial charge in [-0.1, -0.05) is 24.3 Å². The molecule has 0 aromatic carbocycles. The maximum atomic E-state index is 5.64. The van der Waals surface area contributed by atoms with Crippen LogP contribution in [0.1, 0.15) is 0 Å². The zero-order chi connectivity index (χ0) is 15.1. The Balaban J connectivity index is 3.06. The largest absolute Gasteiger partial charge is 0.378 e. The van der Waals surface area contributed by atoms with E-state index in [2.05, 4.69) is 13.2 Å². The summed E-state index contributed by atoms with van der Waals surface area (Å²) in [5.41, 5.74) is 2.13. The average molecular weight is 359 g/mol. The predicted octanol–water partition coefficient (Wildman–Crippen LogP) is 4.08. The molecule has 0 aliphatic carbocycles. The number of halogens is 2. The van der Waals surface area contributed by atoms with Gasteiger partial charge in [0.25, 0.3) is 0 Å². The van der Waals surface area contributed by atoms with Crippen LogP contribution in [0, 0.1) is 0 Å². The molecule has 0 spiro atoms. The van der Waals surface area contributed by atoms with Crippen molar-refractivity contribution in [2.45, 2.75) is 0 Å². The normalized spacial score (nSPS) is 10.7. The Bertz CT molecular complexity index is 238. The molecule has 0 N–H and O–H groups in total. The van der Waals surface area contributed by atoms with Gasteiger partial charge < -0.3 is 9.47 Å². The van der Waals surface area contributed by atoms with Crippen LogP contribution in [-0.4, -0.2) is 61.2 Å². The first-order valence-corrected chi connectivity index (χ1v) is 9.84. The second-order valence-electron chi connectivity index (χ2n) is 4.10. The zero-order valence-electron chi connectivity index (χ0n) is 11.9. The first kappa shape index (κ1) is 20.7. The van der Waals surface area contributed by atoms with Gasteiger partial charge in [0, 0.05) is 34.8 Å². The third-order valence-electron chi connectivity index (χ3n) is 2.11. The van der Waals surface area contributed by atoms with E-state index in [0.717, 1.165) is 47.4 Å². The van der Waals surface area contributed by atoms with Gasteiger partial charge in [-0.3, -0.25) is 0 Å². The van der Waals surface area contributed by atoms with Crippen molar-refractivity contribution >= 4 is 46.7 Å². The fourth-order valence-corrected chi connectivity index (χ4v) is 3.02. The van der Waals surface area contributed by atoms with Gasteiger partial charge in [-0.15, -0.1) is 23.2 Å². The van der Waals surface area contributed by atoms with Gasteiger partial charge in [-0.25, -0.2) is 0 Å². The molecule has 0 atom stereocenters. The van der Waals surface area contributed by atoms with Crippen molar-refractivity contribution in [3.8, 4) is 0 Å². The molecule has 6 heteroatoms. The number of alkyl halides is 2. The second kappa shape index (κ2) is 16.1. The quantitative estimate of drug-likeness (QED) is 0.249. The van der Waals surface area contributed by atoms with Gasteiger partial charge in [-0.2, -0.15) is 23.5 Å². The molecule has 0 aromatic rings. The monoisotopic (exact) mass is 358 g/mol. The smallest absolute Gasteiger partial charge is 0.0700 e. The van der Waals surface area contributed by atoms with E-state index >= 15 is 0 Å². The molecule has 20 heavy (non-hydrogen) atoms. The molecule has 0 fully saturated rings. The van der Waals surface area contributed by atoms with Crippen molar-refractivity contribution < 1.29 is 9.47 Å². The summed E-state index contributed by atoms with van der Waals surface area (Å²) in [5, 5.41) is 0. The Morgan fingerprint density at radius 1 is 0.750 bits per heavy atom. The van der Waals surface area contributed by atoms with Crippen LogP contribution >= 0.6 is 46.7 Å². The fourth-order valence-electron chi connectivity index (χ4n) is 1.07. The topological polar surface area (TPSA) is 18.5 Å². The molecule has 0 unspecified atom stereocenters. The lowest BCUT2D eigenvalue weighted by Gasteiger charge is -2.06. The lowest BCUT2D eigenvalue weighted by atomic mass is 10.4. The lowest BCUT2D eigenvalue weighted by molar-refractivity contribution is 0.0605. The first-order valence-electron chi connectivity index (χ1n) is 6.47. The number of hydrogen-bond donors (Lipinski definition) is 0. The molecular formula is C14H24Cl2O2S2. The standard InChI is InChI=1S/C14H24Cl2O2S2/c1-13(9-15)11-19-7-5-17-3-4-18-6-8-20-12-14(2)10-16/h1-12H2. The summed E-state index contributed by atoms with van der Waals surface area (Å²) in [6.07, 6.45) is 0. The lowest BCUT2D eigenvalue weighted by Crippen LogP contribution is -2.08. The van der Waals surface area contributed by atoms with Gasteiger partial charge in [0.1, 0.15) is 0 Å². The van der Waals surface area contributed by atoms with Crippen molar-refractivity contribution in [1.82, 2.24) is 0 Å². The van der Waals surface area contributed by atoms with Crippen molar-refractivity contribution in [1.29, 1.82) is 0 Å². The van der Waals surface area contributed by atoms with Crippen molar-refractivity contribution in [3.63, 3.8) is 0 Å². The highest BCUT2D eigenvalue weighted by molar-refractivity contribution is 7.99. The van der Waals surface area contributed by atoms with E-state index in [1.54, 1.807) is 23.5 Å². The summed E-state index contributed by atoms with van der Waals surface area (Å²) >= 11 is 14.9. The van der Waals surface area contributed by atoms with E-state index in [1.165, 1.54) is 0 Å². The predicted molar refractivity (Wildman–Crippen MR) is 96.0 cm³/mol. The van der Waals surface area contributed by atoms with E-state index in [-0.39, 0.29) is 0 Å². The highest BCUT2D eigenvalue weighted by Gasteiger charge is 1.95. The average Bonchev–Trinajstić information content (AvgIpc) is 2.47. The Labute approximate surface area is 141 Å². The van der Waals surface area contributed by atoms with E-state index in [1.807, 2.05) is 0 Å². The van der Waals surface area contributed by atoms with E-state index < -0.39 is 0 Å². The van der Waals surface area contributed by atoms with Crippen LogP contribution in [0.15, 0.2) is 24.3 Å². The molecule has 0 aliphatic heterocycles. The van der Waals surface area contributed by atoms with Crippen LogP contribution in [0.25, 0.3) is 0 Å². The molecule has 0 saturated carbocycles. The third kappa shape index (κ3) is 15.1. The summed E-state index contributed by atoms with van der Waals surface area (Å²) in [6, 6.07) is 0. The van der Waals surface area contributed by atoms with E-state index in [9.17, 15) is 0 Å². The highest BCUT2D eigenvalue weighted by Crippen LogP contribution is 2.08. The zero-order valence-corrected chi connectivity index (χ0v) is 15.0. The maximum Gasteiger partial charge on any atom is 0.0700 e. The maximum absolute atomic E-state index is 5.64. The molecule has 118 valence electrons.